The summed E-state index contributed by atoms with van der Waals surface area (Å²) < 4.78 is 21.4. The molecule has 30 heavy (non-hydrogen) atoms. The summed E-state index contributed by atoms with van der Waals surface area (Å²) in [6.45, 7) is 7.52. The zero-order valence-electron chi connectivity index (χ0n) is 17.4. The molecule has 0 radical (unpaired) electrons. The van der Waals surface area contributed by atoms with E-state index in [4.69, 9.17) is 4.52 Å². The molecule has 4 rings (SSSR count). The van der Waals surface area contributed by atoms with Crippen molar-refractivity contribution in [1.29, 1.82) is 0 Å². The van der Waals surface area contributed by atoms with Gasteiger partial charge in [0.2, 0.25) is 0 Å². The van der Waals surface area contributed by atoms with Crippen molar-refractivity contribution in [2.45, 2.75) is 33.7 Å². The minimum Gasteiger partial charge on any atom is -0.345 e. The molecule has 3 aromatic heterocycles. The Kier molecular flexibility index (Phi) is 4.85. The fourth-order valence-corrected chi connectivity index (χ4v) is 3.84. The van der Waals surface area contributed by atoms with E-state index in [0.29, 0.717) is 22.3 Å². The van der Waals surface area contributed by atoms with Crippen LogP contribution in [0.25, 0.3) is 22.4 Å². The highest BCUT2D eigenvalue weighted by Gasteiger charge is 2.23. The third-order valence-electron chi connectivity index (χ3n) is 5.36. The molecule has 0 fully saturated rings. The molecule has 0 bridgehead atoms. The number of hydrogen-bond donors (Lipinski definition) is 1. The number of pyridine rings is 1. The van der Waals surface area contributed by atoms with Crippen molar-refractivity contribution in [3.63, 3.8) is 0 Å². The number of halogens is 1. The Morgan fingerprint density at radius 2 is 1.93 bits per heavy atom. The van der Waals surface area contributed by atoms with Crippen molar-refractivity contribution in [1.82, 2.24) is 25.2 Å². The van der Waals surface area contributed by atoms with Crippen LogP contribution in [0, 0.1) is 26.6 Å². The standard InChI is InChI=1S/C22H22FN5O2/c1-11(19-12(2)26-28(5)14(19)4)24-21(29)16-10-18(15-8-6-7-9-17(15)23)25-22-20(16)13(3)27-30-22/h6-11H,1-5H3,(H,24,29)/t11-/m1/s1. The van der Waals surface area contributed by atoms with Crippen LogP contribution in [0.1, 0.15) is 46.0 Å². The molecule has 3 heterocycles. The number of amides is 1. The summed E-state index contributed by atoms with van der Waals surface area (Å²) in [5.41, 5.74) is 4.47. The number of carbonyl (C=O) groups excluding carboxylic acids is 1. The lowest BCUT2D eigenvalue weighted by atomic mass is 10.0. The molecule has 154 valence electrons. The molecule has 7 nitrogen and oxygen atoms in total. The van der Waals surface area contributed by atoms with Crippen LogP contribution in [0.4, 0.5) is 4.39 Å². The Balaban J connectivity index is 1.78. The molecule has 1 aromatic carbocycles. The average Bonchev–Trinajstić information content (AvgIpc) is 3.20. The van der Waals surface area contributed by atoms with E-state index in [0.717, 1.165) is 17.0 Å². The first-order valence-electron chi connectivity index (χ1n) is 9.60. The summed E-state index contributed by atoms with van der Waals surface area (Å²) in [7, 11) is 1.87. The van der Waals surface area contributed by atoms with Gasteiger partial charge in [-0.2, -0.15) is 5.10 Å². The number of nitrogens with zero attached hydrogens (tertiary/aromatic N) is 4. The van der Waals surface area contributed by atoms with Gasteiger partial charge in [0, 0.05) is 23.9 Å². The van der Waals surface area contributed by atoms with E-state index in [9.17, 15) is 9.18 Å². The quantitative estimate of drug-likeness (QED) is 0.549. The zero-order chi connectivity index (χ0) is 21.6. The van der Waals surface area contributed by atoms with Crippen molar-refractivity contribution in [2.75, 3.05) is 0 Å². The second kappa shape index (κ2) is 7.37. The molecule has 1 atom stereocenters. The average molecular weight is 407 g/mol. The highest BCUT2D eigenvalue weighted by molar-refractivity contribution is 6.07. The first-order chi connectivity index (χ1) is 14.3. The third kappa shape index (κ3) is 3.24. The Morgan fingerprint density at radius 1 is 1.20 bits per heavy atom. The minimum absolute atomic E-state index is 0.194. The zero-order valence-corrected chi connectivity index (χ0v) is 17.4. The number of aromatic nitrogens is 4. The van der Waals surface area contributed by atoms with Crippen molar-refractivity contribution < 1.29 is 13.7 Å². The third-order valence-corrected chi connectivity index (χ3v) is 5.36. The molecule has 1 amide bonds. The molecule has 0 aliphatic carbocycles. The van der Waals surface area contributed by atoms with Crippen LogP contribution in [-0.4, -0.2) is 25.8 Å². The van der Waals surface area contributed by atoms with Crippen LogP contribution in [0.15, 0.2) is 34.9 Å². The fourth-order valence-electron chi connectivity index (χ4n) is 3.84. The fraction of sp³-hybridized carbons (Fsp3) is 0.273. The first kappa shape index (κ1) is 19.8. The predicted octanol–water partition coefficient (Wildman–Crippen LogP) is 4.18. The summed E-state index contributed by atoms with van der Waals surface area (Å²) in [5, 5.41) is 11.9. The largest absolute Gasteiger partial charge is 0.345 e. The Bertz CT molecular complexity index is 1270. The van der Waals surface area contributed by atoms with Gasteiger partial charge in [0.05, 0.1) is 34.1 Å². The highest BCUT2D eigenvalue weighted by Crippen LogP contribution is 2.29. The van der Waals surface area contributed by atoms with Crippen LogP contribution >= 0.6 is 0 Å². The van der Waals surface area contributed by atoms with Crippen molar-refractivity contribution in [2.24, 2.45) is 7.05 Å². The van der Waals surface area contributed by atoms with Gasteiger partial charge in [-0.05, 0) is 45.9 Å². The minimum atomic E-state index is -0.429. The van der Waals surface area contributed by atoms with Crippen molar-refractivity contribution in [3.8, 4) is 11.3 Å². The van der Waals surface area contributed by atoms with Crippen LogP contribution < -0.4 is 5.32 Å². The van der Waals surface area contributed by atoms with Gasteiger partial charge >= 0.3 is 0 Å². The first-order valence-corrected chi connectivity index (χ1v) is 9.60. The summed E-state index contributed by atoms with van der Waals surface area (Å²) in [6.07, 6.45) is 0. The summed E-state index contributed by atoms with van der Waals surface area (Å²) in [6, 6.07) is 7.58. The Morgan fingerprint density at radius 3 is 2.60 bits per heavy atom. The molecule has 0 saturated carbocycles. The topological polar surface area (TPSA) is 85.8 Å². The SMILES string of the molecule is Cc1nn(C)c(C)c1[C@@H](C)NC(=O)c1cc(-c2ccccc2F)nc2onc(C)c12. The number of carbonyl (C=O) groups is 1. The lowest BCUT2D eigenvalue weighted by Crippen LogP contribution is -2.27. The Hall–Kier alpha value is -3.55. The van der Waals surface area contributed by atoms with Crippen LogP contribution in [0.3, 0.4) is 0 Å². The molecule has 0 spiro atoms. The van der Waals surface area contributed by atoms with Gasteiger partial charge in [-0.1, -0.05) is 17.3 Å². The molecule has 0 aliphatic heterocycles. The number of rotatable bonds is 4. The van der Waals surface area contributed by atoms with Crippen LogP contribution in [0.5, 0.6) is 0 Å². The van der Waals surface area contributed by atoms with E-state index in [1.807, 2.05) is 27.8 Å². The number of hydrogen-bond acceptors (Lipinski definition) is 5. The molecule has 4 aromatic rings. The van der Waals surface area contributed by atoms with Crippen molar-refractivity contribution in [3.05, 3.63) is 64.4 Å². The second-order valence-electron chi connectivity index (χ2n) is 7.39. The van der Waals surface area contributed by atoms with E-state index in [1.54, 1.807) is 35.9 Å². The number of fused-ring (bicyclic) bond motifs is 1. The van der Waals surface area contributed by atoms with E-state index in [2.05, 4.69) is 20.6 Å². The maximum Gasteiger partial charge on any atom is 0.259 e. The lowest BCUT2D eigenvalue weighted by molar-refractivity contribution is 0.0941. The van der Waals surface area contributed by atoms with Crippen LogP contribution in [0.2, 0.25) is 0 Å². The summed E-state index contributed by atoms with van der Waals surface area (Å²) in [5.74, 6) is -0.747. The monoisotopic (exact) mass is 407 g/mol. The molecule has 0 unspecified atom stereocenters. The van der Waals surface area contributed by atoms with Gasteiger partial charge in [-0.25, -0.2) is 9.37 Å². The maximum absolute atomic E-state index is 14.3. The van der Waals surface area contributed by atoms with Crippen molar-refractivity contribution >= 4 is 17.0 Å². The smallest absolute Gasteiger partial charge is 0.259 e. The molecule has 8 heteroatoms. The van der Waals surface area contributed by atoms with E-state index in [1.165, 1.54) is 6.07 Å². The normalized spacial score (nSPS) is 12.3. The molecule has 1 N–H and O–H groups in total. The molecular weight excluding hydrogens is 385 g/mol. The van der Waals surface area contributed by atoms with Gasteiger partial charge in [-0.3, -0.25) is 9.48 Å². The van der Waals surface area contributed by atoms with E-state index >= 15 is 0 Å². The highest BCUT2D eigenvalue weighted by atomic mass is 19.1. The predicted molar refractivity (Wildman–Crippen MR) is 110 cm³/mol. The van der Waals surface area contributed by atoms with Gasteiger partial charge in [0.1, 0.15) is 5.82 Å². The number of aryl methyl sites for hydroxylation is 3. The summed E-state index contributed by atoms with van der Waals surface area (Å²) in [4.78, 5) is 17.6. The van der Waals surface area contributed by atoms with Gasteiger partial charge < -0.3 is 9.84 Å². The lowest BCUT2D eigenvalue weighted by Gasteiger charge is -2.16. The van der Waals surface area contributed by atoms with Crippen LogP contribution in [-0.2, 0) is 7.05 Å². The molecular formula is C22H22FN5O2. The number of nitrogens with one attached hydrogen (secondary N) is 1. The maximum atomic E-state index is 14.3. The molecule has 0 aliphatic rings. The van der Waals surface area contributed by atoms with E-state index < -0.39 is 5.82 Å². The second-order valence-corrected chi connectivity index (χ2v) is 7.39. The van der Waals surface area contributed by atoms with E-state index in [-0.39, 0.29) is 23.2 Å². The Labute approximate surface area is 172 Å². The van der Waals surface area contributed by atoms with Gasteiger partial charge in [0.25, 0.3) is 11.6 Å². The number of benzene rings is 1. The van der Waals surface area contributed by atoms with Gasteiger partial charge in [-0.15, -0.1) is 0 Å². The molecule has 0 saturated heterocycles. The summed E-state index contributed by atoms with van der Waals surface area (Å²) >= 11 is 0. The van der Waals surface area contributed by atoms with Gasteiger partial charge in [0.15, 0.2) is 0 Å².